The third kappa shape index (κ3) is 75.5. The number of esters is 2. The number of nitrogens with zero attached hydrogens (tertiary/aromatic N) is 1. The van der Waals surface area contributed by atoms with E-state index in [9.17, 15) is 19.5 Å². The van der Waals surface area contributed by atoms with Crippen molar-refractivity contribution in [2.75, 3.05) is 47.5 Å². The highest BCUT2D eigenvalue weighted by Crippen LogP contribution is 2.19. The largest absolute Gasteiger partial charge is 0.477 e. The van der Waals surface area contributed by atoms with Crippen molar-refractivity contribution in [2.24, 2.45) is 0 Å². The Morgan fingerprint density at radius 3 is 0.914 bits per heavy atom. The fraction of sp³-hybridized carbons (Fsp3) is 0.774. The van der Waals surface area contributed by atoms with Crippen molar-refractivity contribution in [2.45, 2.75) is 373 Å². The lowest BCUT2D eigenvalue weighted by molar-refractivity contribution is -0.870. The van der Waals surface area contributed by atoms with Crippen LogP contribution in [0.3, 0.4) is 0 Å². The Morgan fingerprint density at radius 1 is 0.333 bits per heavy atom. The SMILES string of the molecule is CC/C=C\C/C=C\C/C=C\C/C=C\C/C=C\C/C=C\C/C=C\C/C=C\CCCCCCCCCCCCC(=O)OC(COC(=O)CCCCCCCCCCCCCCCCCCCCCCCCCCCCCCCCCCC)COC(OCC[N+](C)(C)C)C(=O)O. The van der Waals surface area contributed by atoms with Crippen LogP contribution >= 0.6 is 0 Å². The maximum absolute atomic E-state index is 13.0. The number of carbonyl (C=O) groups is 3. The summed E-state index contributed by atoms with van der Waals surface area (Å²) in [6, 6.07) is 0. The second-order valence-electron chi connectivity index (χ2n) is 27.7. The molecule has 9 heteroatoms. The Balaban J connectivity index is 4.06. The molecule has 0 aromatic carbocycles. The van der Waals surface area contributed by atoms with Gasteiger partial charge in [-0.2, -0.15) is 0 Å². The Hall–Kier alpha value is -3.79. The van der Waals surface area contributed by atoms with Gasteiger partial charge >= 0.3 is 17.9 Å². The molecule has 9 nitrogen and oxygen atoms in total. The summed E-state index contributed by atoms with van der Waals surface area (Å²) in [5, 5.41) is 9.77. The molecule has 0 fully saturated rings. The van der Waals surface area contributed by atoms with Crippen LogP contribution in [0.2, 0.25) is 0 Å². The number of quaternary nitrogens is 1. The number of aliphatic carboxylic acids is 1. The molecule has 0 amide bonds. The number of allylic oxidation sites excluding steroid dienone is 16. The van der Waals surface area contributed by atoms with Crippen molar-refractivity contribution in [3.8, 4) is 0 Å². The van der Waals surface area contributed by atoms with Crippen LogP contribution in [0.1, 0.15) is 361 Å². The molecular weight excluding hydrogens is 1150 g/mol. The standard InChI is InChI=1S/C84H149NO8/c1-6-8-10-12-14-16-18-20-22-24-26-28-30-32-34-36-38-40-41-43-45-47-49-51-53-55-57-59-61-63-65-67-69-71-73-75-82(87)93-80(79-92-84(83(88)89)90-77-76-85(3,4)5)78-91-81(86)74-72-70-68-66-64-62-60-58-56-54-52-50-48-46-44-42-39-37-35-33-31-29-27-25-23-21-19-17-15-13-11-9-7-2/h8,10,14,16,20,22,26,28,32,34,38,40,43,45,49,51,80,84H,6-7,9,11-13,15,17-19,21,23-25,27,29-31,33,35-37,39,41-42,44,46-48,50,52-79H2,1-5H3/p+1/b10-8-,16-14-,22-20-,28-26-,34-32-,40-38-,45-43-,51-49-. The van der Waals surface area contributed by atoms with Crippen LogP contribution in [-0.4, -0.2) is 87.4 Å². The molecule has 0 saturated carbocycles. The Morgan fingerprint density at radius 2 is 0.613 bits per heavy atom. The number of carboxylic acids is 1. The molecule has 0 aliphatic heterocycles. The highest BCUT2D eigenvalue weighted by molar-refractivity contribution is 5.71. The molecule has 0 heterocycles. The van der Waals surface area contributed by atoms with Gasteiger partial charge in [-0.1, -0.05) is 368 Å². The quantitative estimate of drug-likeness (QED) is 0.0211. The average Bonchev–Trinajstić information content (AvgIpc) is 3.74. The number of hydrogen-bond donors (Lipinski definition) is 1. The van der Waals surface area contributed by atoms with E-state index >= 15 is 0 Å². The lowest BCUT2D eigenvalue weighted by Crippen LogP contribution is -2.40. The van der Waals surface area contributed by atoms with Crippen molar-refractivity contribution in [1.82, 2.24) is 0 Å². The predicted octanol–water partition coefficient (Wildman–Crippen LogP) is 25.1. The lowest BCUT2D eigenvalue weighted by Gasteiger charge is -2.25. The third-order valence-corrected chi connectivity index (χ3v) is 17.4. The molecule has 0 bridgehead atoms. The van der Waals surface area contributed by atoms with Gasteiger partial charge < -0.3 is 28.5 Å². The van der Waals surface area contributed by atoms with E-state index in [0.717, 1.165) is 96.3 Å². The van der Waals surface area contributed by atoms with E-state index in [1.807, 2.05) is 21.1 Å². The third-order valence-electron chi connectivity index (χ3n) is 17.4. The summed E-state index contributed by atoms with van der Waals surface area (Å²) in [4.78, 5) is 37.7. The summed E-state index contributed by atoms with van der Waals surface area (Å²) in [6.45, 7) is 4.81. The van der Waals surface area contributed by atoms with E-state index in [2.05, 4.69) is 111 Å². The van der Waals surface area contributed by atoms with Gasteiger partial charge in [-0.05, 0) is 77.0 Å². The summed E-state index contributed by atoms with van der Waals surface area (Å²) in [5.74, 6) is -2.00. The summed E-state index contributed by atoms with van der Waals surface area (Å²) in [5.41, 5.74) is 0. The van der Waals surface area contributed by atoms with Crippen LogP contribution in [0.25, 0.3) is 0 Å². The van der Waals surface area contributed by atoms with Crippen LogP contribution in [0.4, 0.5) is 0 Å². The van der Waals surface area contributed by atoms with Crippen LogP contribution in [-0.2, 0) is 33.3 Å². The molecule has 0 aliphatic carbocycles. The molecule has 0 radical (unpaired) electrons. The predicted molar refractivity (Wildman–Crippen MR) is 401 cm³/mol. The molecule has 2 unspecified atom stereocenters. The maximum Gasteiger partial charge on any atom is 0.361 e. The van der Waals surface area contributed by atoms with Crippen LogP contribution in [0, 0.1) is 0 Å². The highest BCUT2D eigenvalue weighted by Gasteiger charge is 2.25. The molecule has 0 aromatic rings. The van der Waals surface area contributed by atoms with Gasteiger partial charge in [0.05, 0.1) is 34.4 Å². The summed E-state index contributed by atoms with van der Waals surface area (Å²) >= 11 is 0. The van der Waals surface area contributed by atoms with Gasteiger partial charge in [0.1, 0.15) is 13.2 Å². The van der Waals surface area contributed by atoms with Crippen molar-refractivity contribution in [3.63, 3.8) is 0 Å². The van der Waals surface area contributed by atoms with Crippen molar-refractivity contribution < 1.29 is 42.9 Å². The topological polar surface area (TPSA) is 108 Å². The zero-order chi connectivity index (χ0) is 67.5. The zero-order valence-corrected chi connectivity index (χ0v) is 61.7. The number of carboxylic acid groups (broad SMARTS) is 1. The lowest BCUT2D eigenvalue weighted by atomic mass is 10.0. The summed E-state index contributed by atoms with van der Waals surface area (Å²) in [7, 11) is 5.99. The number of carbonyl (C=O) groups excluding carboxylic acids is 2. The fourth-order valence-corrected chi connectivity index (χ4v) is 11.4. The maximum atomic E-state index is 13.0. The van der Waals surface area contributed by atoms with E-state index in [0.29, 0.717) is 23.9 Å². The average molecular weight is 1300 g/mol. The van der Waals surface area contributed by atoms with Gasteiger partial charge in [-0.3, -0.25) is 9.59 Å². The second-order valence-corrected chi connectivity index (χ2v) is 27.7. The van der Waals surface area contributed by atoms with Gasteiger partial charge in [0.25, 0.3) is 6.29 Å². The molecule has 0 saturated heterocycles. The van der Waals surface area contributed by atoms with Crippen LogP contribution in [0.5, 0.6) is 0 Å². The monoisotopic (exact) mass is 1300 g/mol. The van der Waals surface area contributed by atoms with Crippen molar-refractivity contribution in [3.05, 3.63) is 97.2 Å². The normalized spacial score (nSPS) is 13.2. The Bertz CT molecular complexity index is 1850. The fourth-order valence-electron chi connectivity index (χ4n) is 11.4. The zero-order valence-electron chi connectivity index (χ0n) is 61.7. The smallest absolute Gasteiger partial charge is 0.361 e. The van der Waals surface area contributed by atoms with E-state index in [-0.39, 0.29) is 32.2 Å². The number of unbranched alkanes of at least 4 members (excludes halogenated alkanes) is 42. The first-order valence-electron chi connectivity index (χ1n) is 39.4. The van der Waals surface area contributed by atoms with Gasteiger partial charge in [0, 0.05) is 12.8 Å². The Kier molecular flexibility index (Phi) is 71.0. The number of hydrogen-bond acceptors (Lipinski definition) is 7. The summed E-state index contributed by atoms with van der Waals surface area (Å²) in [6.07, 6.45) is 99.8. The molecule has 538 valence electrons. The molecule has 0 aliphatic rings. The number of likely N-dealkylation sites (N-methyl/N-ethyl adjacent to an activating group) is 1. The van der Waals surface area contributed by atoms with Crippen molar-refractivity contribution in [1.29, 1.82) is 0 Å². The molecular formula is C84H150NO8+. The van der Waals surface area contributed by atoms with Crippen LogP contribution < -0.4 is 0 Å². The minimum atomic E-state index is -1.52. The first-order valence-corrected chi connectivity index (χ1v) is 39.4. The highest BCUT2D eigenvalue weighted by atomic mass is 16.7. The molecule has 0 rings (SSSR count). The summed E-state index contributed by atoms with van der Waals surface area (Å²) < 4.78 is 23.0. The molecule has 1 N–H and O–H groups in total. The molecule has 2 atom stereocenters. The minimum Gasteiger partial charge on any atom is -0.477 e. The van der Waals surface area contributed by atoms with E-state index in [4.69, 9.17) is 18.9 Å². The minimum absolute atomic E-state index is 0.184. The van der Waals surface area contributed by atoms with Gasteiger partial charge in [-0.25, -0.2) is 4.79 Å². The van der Waals surface area contributed by atoms with Gasteiger partial charge in [-0.15, -0.1) is 0 Å². The van der Waals surface area contributed by atoms with Gasteiger partial charge in [0.15, 0.2) is 6.10 Å². The second kappa shape index (κ2) is 74.0. The van der Waals surface area contributed by atoms with E-state index < -0.39 is 24.3 Å². The molecule has 93 heavy (non-hydrogen) atoms. The Labute approximate surface area is 575 Å². The molecule has 0 spiro atoms. The number of rotatable bonds is 73. The molecule has 0 aromatic heterocycles. The van der Waals surface area contributed by atoms with E-state index in [1.165, 1.54) is 231 Å². The van der Waals surface area contributed by atoms with Gasteiger partial charge in [0.2, 0.25) is 0 Å². The van der Waals surface area contributed by atoms with Crippen molar-refractivity contribution >= 4 is 17.9 Å². The first kappa shape index (κ1) is 89.2. The van der Waals surface area contributed by atoms with Crippen LogP contribution in [0.15, 0.2) is 97.2 Å². The van der Waals surface area contributed by atoms with E-state index in [1.54, 1.807) is 0 Å². The number of ether oxygens (including phenoxy) is 4. The first-order chi connectivity index (χ1) is 45.6.